The molecule has 0 spiro atoms. The van der Waals surface area contributed by atoms with Crippen molar-refractivity contribution in [2.24, 2.45) is 0 Å². The van der Waals surface area contributed by atoms with E-state index in [0.717, 1.165) is 0 Å². The number of rotatable bonds is 1. The largest absolute Gasteiger partial charge is 0.276 e. The van der Waals surface area contributed by atoms with Crippen LogP contribution in [0.3, 0.4) is 0 Å². The first-order valence-electron chi connectivity index (χ1n) is 3.47. The lowest BCUT2D eigenvalue weighted by Crippen LogP contribution is -1.87. The van der Waals surface area contributed by atoms with Gasteiger partial charge in [-0.15, -0.1) is 23.2 Å². The number of carbonyl (C=O) groups excluding carboxylic acids is 1. The maximum atomic E-state index is 10.5. The third-order valence-corrected chi connectivity index (χ3v) is 1.46. The van der Waals surface area contributed by atoms with E-state index in [4.69, 9.17) is 40.1 Å². The second-order valence-corrected chi connectivity index (χ2v) is 3.22. The molecule has 0 saturated heterocycles. The molecule has 5 heteroatoms. The molecule has 0 radical (unpaired) electrons. The Labute approximate surface area is 97.0 Å². The van der Waals surface area contributed by atoms with Gasteiger partial charge in [0, 0.05) is 5.56 Å². The van der Waals surface area contributed by atoms with Crippen molar-refractivity contribution in [3.05, 3.63) is 35.4 Å². The molecule has 0 unspecified atom stereocenters. The number of nitriles is 1. The summed E-state index contributed by atoms with van der Waals surface area (Å²) in [6, 6.07) is 8.08. The third-order valence-electron chi connectivity index (χ3n) is 1.24. The van der Waals surface area contributed by atoms with Crippen molar-refractivity contribution in [3.8, 4) is 6.07 Å². The number of halogens is 3. The summed E-state index contributed by atoms with van der Waals surface area (Å²) in [7, 11) is 0. The number of benzene rings is 1. The first kappa shape index (κ1) is 13.2. The minimum atomic E-state index is -0.505. The van der Waals surface area contributed by atoms with Crippen LogP contribution in [0.5, 0.6) is 0 Å². The van der Waals surface area contributed by atoms with Crippen molar-refractivity contribution >= 4 is 40.0 Å². The minimum Gasteiger partial charge on any atom is -0.276 e. The van der Waals surface area contributed by atoms with Gasteiger partial charge in [-0.2, -0.15) is 5.26 Å². The number of carbonyl (C=O) groups is 1. The van der Waals surface area contributed by atoms with Gasteiger partial charge in [0.2, 0.25) is 0 Å². The smallest absolute Gasteiger partial charge is 0.252 e. The lowest BCUT2D eigenvalue weighted by atomic mass is 10.2. The molecule has 1 aromatic rings. The second kappa shape index (κ2) is 7.64. The van der Waals surface area contributed by atoms with Gasteiger partial charge in [-0.3, -0.25) is 4.79 Å². The van der Waals surface area contributed by atoms with E-state index in [1.807, 2.05) is 6.07 Å². The molecule has 1 aromatic carbocycles. The molecule has 0 aliphatic rings. The van der Waals surface area contributed by atoms with Crippen LogP contribution >= 0.6 is 34.8 Å². The molecular formula is C9H6Cl3NO. The molecule has 0 saturated carbocycles. The Morgan fingerprint density at radius 2 is 1.71 bits per heavy atom. The Bertz CT molecular complexity index is 329. The van der Waals surface area contributed by atoms with Crippen molar-refractivity contribution in [2.45, 2.75) is 0 Å². The predicted molar refractivity (Wildman–Crippen MR) is 57.9 cm³/mol. The van der Waals surface area contributed by atoms with E-state index in [0.29, 0.717) is 11.1 Å². The van der Waals surface area contributed by atoms with Crippen molar-refractivity contribution < 1.29 is 4.79 Å². The number of hydrogen-bond donors (Lipinski definition) is 0. The average molecular weight is 251 g/mol. The fourth-order valence-electron chi connectivity index (χ4n) is 0.676. The summed E-state index contributed by atoms with van der Waals surface area (Å²) >= 11 is 14.7. The maximum absolute atomic E-state index is 10.5. The fourth-order valence-corrected chi connectivity index (χ4v) is 0.802. The van der Waals surface area contributed by atoms with Gasteiger partial charge in [-0.1, -0.05) is 0 Å². The van der Waals surface area contributed by atoms with E-state index >= 15 is 0 Å². The minimum absolute atomic E-state index is 0.194. The summed E-state index contributed by atoms with van der Waals surface area (Å²) in [5.41, 5.74) is 0.928. The number of nitrogens with zero attached hydrogens (tertiary/aromatic N) is 1. The lowest BCUT2D eigenvalue weighted by Gasteiger charge is -1.91. The monoisotopic (exact) mass is 249 g/mol. The number of hydrogen-bond acceptors (Lipinski definition) is 2. The first-order valence-corrected chi connectivity index (χ1v) is 4.92. The zero-order valence-corrected chi connectivity index (χ0v) is 9.27. The van der Waals surface area contributed by atoms with E-state index in [1.165, 1.54) is 12.1 Å². The van der Waals surface area contributed by atoms with Crippen LogP contribution in [0.25, 0.3) is 0 Å². The van der Waals surface area contributed by atoms with Crippen LogP contribution in [0.15, 0.2) is 24.3 Å². The Balaban J connectivity index is 0.000000500. The van der Waals surface area contributed by atoms with E-state index in [2.05, 4.69) is 0 Å². The molecule has 0 fully saturated rings. The van der Waals surface area contributed by atoms with Gasteiger partial charge in [-0.05, 0) is 35.9 Å². The fraction of sp³-hybridized carbons (Fsp3) is 0.111. The summed E-state index contributed by atoms with van der Waals surface area (Å²) < 4.78 is 0. The molecule has 74 valence electrons. The Morgan fingerprint density at radius 3 is 2.00 bits per heavy atom. The molecule has 2 nitrogen and oxygen atoms in total. The molecule has 0 aromatic heterocycles. The summed E-state index contributed by atoms with van der Waals surface area (Å²) in [6.07, 6.45) is 0. The highest BCUT2D eigenvalue weighted by molar-refractivity contribution is 6.67. The van der Waals surface area contributed by atoms with Crippen molar-refractivity contribution in [1.29, 1.82) is 5.26 Å². The van der Waals surface area contributed by atoms with Crippen LogP contribution in [0.2, 0.25) is 0 Å². The van der Waals surface area contributed by atoms with E-state index in [9.17, 15) is 4.79 Å². The van der Waals surface area contributed by atoms with Crippen LogP contribution in [-0.2, 0) is 0 Å². The molecule has 0 amide bonds. The molecule has 1 rings (SSSR count). The number of alkyl halides is 2. The van der Waals surface area contributed by atoms with E-state index in [1.54, 1.807) is 12.1 Å². The van der Waals surface area contributed by atoms with E-state index < -0.39 is 5.24 Å². The Hall–Kier alpha value is -0.750. The van der Waals surface area contributed by atoms with Crippen LogP contribution < -0.4 is 0 Å². The Kier molecular flexibility index (Phi) is 7.23. The highest BCUT2D eigenvalue weighted by Crippen LogP contribution is 2.05. The average Bonchev–Trinajstić information content (AvgIpc) is 2.19. The normalized spacial score (nSPS) is 8.14. The van der Waals surface area contributed by atoms with Crippen molar-refractivity contribution in [1.82, 2.24) is 0 Å². The maximum Gasteiger partial charge on any atom is 0.252 e. The van der Waals surface area contributed by atoms with Gasteiger partial charge in [0.1, 0.15) is 0 Å². The summed E-state index contributed by atoms with van der Waals surface area (Å²) in [4.78, 5) is 10.5. The van der Waals surface area contributed by atoms with Crippen molar-refractivity contribution in [2.75, 3.05) is 5.34 Å². The van der Waals surface area contributed by atoms with Gasteiger partial charge in [0.15, 0.2) is 0 Å². The standard InChI is InChI=1S/C8H4ClNO.CH2Cl2/c9-8(11)7-3-1-6(5-10)2-4-7;2-1-3/h1-4H;1H2. The molecule has 0 atom stereocenters. The van der Waals surface area contributed by atoms with Gasteiger partial charge in [-0.25, -0.2) is 0 Å². The van der Waals surface area contributed by atoms with Crippen LogP contribution in [-0.4, -0.2) is 10.6 Å². The summed E-state index contributed by atoms with van der Waals surface area (Å²) in [6.45, 7) is 0. The first-order chi connectivity index (χ1) is 6.65. The van der Waals surface area contributed by atoms with Crippen molar-refractivity contribution in [3.63, 3.8) is 0 Å². The summed E-state index contributed by atoms with van der Waals surface area (Å²) in [5, 5.41) is 8.09. The van der Waals surface area contributed by atoms with Gasteiger partial charge >= 0.3 is 0 Å². The van der Waals surface area contributed by atoms with Crippen LogP contribution in [0.1, 0.15) is 15.9 Å². The molecule has 14 heavy (non-hydrogen) atoms. The molecule has 0 heterocycles. The lowest BCUT2D eigenvalue weighted by molar-refractivity contribution is 0.108. The van der Waals surface area contributed by atoms with Gasteiger partial charge in [0.05, 0.1) is 17.0 Å². The van der Waals surface area contributed by atoms with Gasteiger partial charge < -0.3 is 0 Å². The summed E-state index contributed by atoms with van der Waals surface area (Å²) in [5.74, 6) is 0. The van der Waals surface area contributed by atoms with Crippen LogP contribution in [0.4, 0.5) is 0 Å². The van der Waals surface area contributed by atoms with E-state index in [-0.39, 0.29) is 5.34 Å². The molecule has 0 bridgehead atoms. The second-order valence-electron chi connectivity index (χ2n) is 2.06. The quantitative estimate of drug-likeness (QED) is 0.566. The SMILES string of the molecule is ClCCl.N#Cc1ccc(C(=O)Cl)cc1. The molecule has 0 aliphatic heterocycles. The topological polar surface area (TPSA) is 40.9 Å². The zero-order chi connectivity index (χ0) is 11.0. The Morgan fingerprint density at radius 1 is 1.29 bits per heavy atom. The molecule has 0 N–H and O–H groups in total. The van der Waals surface area contributed by atoms with Gasteiger partial charge in [0.25, 0.3) is 5.24 Å². The zero-order valence-electron chi connectivity index (χ0n) is 7.01. The third kappa shape index (κ3) is 5.08. The highest BCUT2D eigenvalue weighted by atomic mass is 35.5. The predicted octanol–water partition coefficient (Wildman–Crippen LogP) is 3.36. The van der Waals surface area contributed by atoms with Crippen LogP contribution in [0, 0.1) is 11.3 Å². The molecular weight excluding hydrogens is 244 g/mol. The highest BCUT2D eigenvalue weighted by Gasteiger charge is 1.99. The molecule has 0 aliphatic carbocycles.